The molecular weight excluding hydrogens is 172 g/mol. The Kier molecular flexibility index (Phi) is 14.0. The van der Waals surface area contributed by atoms with Gasteiger partial charge in [-0.3, -0.25) is 0 Å². The van der Waals surface area contributed by atoms with Crippen LogP contribution < -0.4 is 12.4 Å². The summed E-state index contributed by atoms with van der Waals surface area (Å²) in [6.45, 7) is 12.2. The summed E-state index contributed by atoms with van der Waals surface area (Å²) in [5.74, 6) is 0. The summed E-state index contributed by atoms with van der Waals surface area (Å²) < 4.78 is 0. The maximum Gasteiger partial charge on any atom is 2.00 e. The molecule has 3 heteroatoms. The van der Waals surface area contributed by atoms with Crippen LogP contribution in [0.25, 0.3) is 0 Å². The average molecular weight is 187 g/mol. The molecule has 0 bridgehead atoms. The van der Waals surface area contributed by atoms with Crippen molar-refractivity contribution < 1.29 is 12.4 Å². The van der Waals surface area contributed by atoms with Crippen molar-refractivity contribution in [2.75, 3.05) is 0 Å². The maximum absolute atomic E-state index is 3.81. The van der Waals surface area contributed by atoms with E-state index in [0.29, 0.717) is 0 Å². The molecule has 0 unspecified atom stereocenters. The molecule has 0 fully saturated rings. The number of hydrogen-bond donors (Lipinski definition) is 0. The van der Waals surface area contributed by atoms with Crippen LogP contribution in [0.3, 0.4) is 0 Å². The third-order valence-electron chi connectivity index (χ3n) is 1.37. The van der Waals surface area contributed by atoms with Crippen molar-refractivity contribution >= 4 is 31.1 Å². The van der Waals surface area contributed by atoms with Gasteiger partial charge in [-0.1, -0.05) is 19.1 Å². The zero-order chi connectivity index (χ0) is 6.62. The predicted octanol–water partition coefficient (Wildman–Crippen LogP) is -0.733. The molecule has 0 N–H and O–H groups in total. The van der Waals surface area contributed by atoms with Crippen LogP contribution in [-0.4, -0.2) is 31.1 Å². The van der Waals surface area contributed by atoms with E-state index in [0.717, 1.165) is 6.42 Å². The average Bonchev–Trinajstić information content (AvgIpc) is 1.67. The van der Waals surface area contributed by atoms with Crippen molar-refractivity contribution in [3.05, 3.63) is 19.2 Å². The van der Waals surface area contributed by atoms with Crippen molar-refractivity contribution in [3.63, 3.8) is 0 Å². The molecule has 0 aliphatic rings. The van der Waals surface area contributed by atoms with E-state index in [1.165, 1.54) is 6.04 Å². The summed E-state index contributed by atoms with van der Waals surface area (Å²) in [5, 5.41) is 0. The van der Waals surface area contributed by atoms with Crippen LogP contribution in [0.5, 0.6) is 0 Å². The first-order chi connectivity index (χ1) is 3.62. The Morgan fingerprint density at radius 3 is 2.00 bits per heavy atom. The number of hydrogen-bond acceptors (Lipinski definition) is 0. The molecule has 0 radical (unpaired) electrons. The monoisotopic (exact) mass is 186 g/mol. The molecule has 0 aromatic carbocycles. The zero-order valence-corrected chi connectivity index (χ0v) is 10.2. The minimum atomic E-state index is -0.976. The Hall–Kier alpha value is 1.01. The smallest absolute Gasteiger partial charge is 1.00 e. The maximum atomic E-state index is 3.81. The second-order valence-electron chi connectivity index (χ2n) is 2.80. The summed E-state index contributed by atoms with van der Waals surface area (Å²) in [4.78, 5) is 0. The zero-order valence-electron chi connectivity index (χ0n) is 6.99. The van der Waals surface area contributed by atoms with Crippen molar-refractivity contribution in [2.24, 2.45) is 0 Å². The van der Waals surface area contributed by atoms with Crippen molar-refractivity contribution in [3.8, 4) is 0 Å². The fraction of sp³-hybridized carbons (Fsp3) is 0.571. The molecule has 0 aromatic rings. The van der Waals surface area contributed by atoms with Gasteiger partial charge in [-0.2, -0.15) is 6.42 Å². The standard InChI is InChI=1S/C7H15Si.ClH.Mg/c1-5-7-8(3,4)6-2;;/h6H,1-2,5,7H2,3-4H3;1H;/q-1;;+2/p-1. The molecule has 0 aliphatic heterocycles. The van der Waals surface area contributed by atoms with Gasteiger partial charge in [-0.05, 0) is 0 Å². The van der Waals surface area contributed by atoms with Crippen LogP contribution in [0.4, 0.5) is 0 Å². The van der Waals surface area contributed by atoms with Crippen LogP contribution in [0.1, 0.15) is 6.42 Å². The van der Waals surface area contributed by atoms with Gasteiger partial charge in [0.2, 0.25) is 0 Å². The van der Waals surface area contributed by atoms with Crippen LogP contribution in [0, 0.1) is 6.92 Å². The minimum Gasteiger partial charge on any atom is -1.00 e. The van der Waals surface area contributed by atoms with Gasteiger partial charge in [0.1, 0.15) is 0 Å². The Bertz CT molecular complexity index is 83.7. The summed E-state index contributed by atoms with van der Waals surface area (Å²) >= 11 is 0. The molecule has 0 aliphatic carbocycles. The van der Waals surface area contributed by atoms with Crippen molar-refractivity contribution in [1.29, 1.82) is 0 Å². The summed E-state index contributed by atoms with van der Waals surface area (Å²) in [6.07, 6.45) is 1.06. The largest absolute Gasteiger partial charge is 2.00 e. The van der Waals surface area contributed by atoms with Crippen LogP contribution >= 0.6 is 0 Å². The molecule has 0 rings (SSSR count). The van der Waals surface area contributed by atoms with E-state index in [1.54, 1.807) is 0 Å². The van der Waals surface area contributed by atoms with E-state index in [-0.39, 0.29) is 35.5 Å². The fourth-order valence-corrected chi connectivity index (χ4v) is 1.67. The fourth-order valence-electron chi connectivity index (χ4n) is 0.558. The van der Waals surface area contributed by atoms with Gasteiger partial charge in [0.15, 0.2) is 0 Å². The second-order valence-corrected chi connectivity index (χ2v) is 7.68. The predicted molar refractivity (Wildman–Crippen MR) is 48.2 cm³/mol. The first-order valence-electron chi connectivity index (χ1n) is 3.05. The van der Waals surface area contributed by atoms with E-state index in [1.807, 2.05) is 0 Å². The van der Waals surface area contributed by atoms with Gasteiger partial charge in [0.25, 0.3) is 0 Å². The Labute approximate surface area is 88.0 Å². The summed E-state index contributed by atoms with van der Waals surface area (Å²) in [7, 11) is -0.976. The number of halogens is 1. The topological polar surface area (TPSA) is 0 Å². The molecule has 0 saturated heterocycles. The van der Waals surface area contributed by atoms with Gasteiger partial charge in [0, 0.05) is 0 Å². The molecule has 0 saturated carbocycles. The SMILES string of the molecule is C=C[Si](C)(C)CC[CH2-].[Cl-].[Mg+2]. The van der Waals surface area contributed by atoms with Crippen LogP contribution in [-0.2, 0) is 0 Å². The van der Waals surface area contributed by atoms with Crippen molar-refractivity contribution in [1.82, 2.24) is 0 Å². The molecule has 10 heavy (non-hydrogen) atoms. The molecule has 0 nitrogen and oxygen atoms in total. The van der Waals surface area contributed by atoms with Gasteiger partial charge in [-0.15, -0.1) is 12.3 Å². The first kappa shape index (κ1) is 17.2. The van der Waals surface area contributed by atoms with Gasteiger partial charge in [0.05, 0.1) is 8.07 Å². The van der Waals surface area contributed by atoms with E-state index in [9.17, 15) is 0 Å². The molecule has 56 valence electrons. The van der Waals surface area contributed by atoms with Crippen molar-refractivity contribution in [2.45, 2.75) is 25.6 Å². The molecule has 0 heterocycles. The Balaban J connectivity index is -0.000000245. The molecule has 0 atom stereocenters. The number of rotatable bonds is 3. The van der Waals surface area contributed by atoms with Gasteiger partial charge in [-0.25, -0.2) is 0 Å². The first-order valence-corrected chi connectivity index (χ1v) is 6.33. The minimum absolute atomic E-state index is 0. The van der Waals surface area contributed by atoms with E-state index < -0.39 is 8.07 Å². The van der Waals surface area contributed by atoms with Crippen LogP contribution in [0.2, 0.25) is 19.1 Å². The molecule has 0 amide bonds. The second kappa shape index (κ2) is 8.11. The quantitative estimate of drug-likeness (QED) is 0.403. The van der Waals surface area contributed by atoms with E-state index in [2.05, 4.69) is 32.3 Å². The summed E-state index contributed by atoms with van der Waals surface area (Å²) in [6, 6.07) is 1.27. The Morgan fingerprint density at radius 1 is 1.50 bits per heavy atom. The summed E-state index contributed by atoms with van der Waals surface area (Å²) in [5.41, 5.74) is 2.12. The normalized spacial score (nSPS) is 9.10. The molecular formula is C7H15ClMgSi. The van der Waals surface area contributed by atoms with E-state index in [4.69, 9.17) is 0 Å². The third-order valence-corrected chi connectivity index (χ3v) is 4.12. The third kappa shape index (κ3) is 9.01. The van der Waals surface area contributed by atoms with Crippen LogP contribution in [0.15, 0.2) is 12.3 Å². The van der Waals surface area contributed by atoms with Gasteiger partial charge >= 0.3 is 23.1 Å². The molecule has 0 aromatic heterocycles. The Morgan fingerprint density at radius 2 is 1.90 bits per heavy atom. The molecule has 0 spiro atoms. The van der Waals surface area contributed by atoms with Gasteiger partial charge < -0.3 is 19.3 Å². The van der Waals surface area contributed by atoms with E-state index >= 15 is 0 Å².